The fourth-order valence-corrected chi connectivity index (χ4v) is 2.95. The monoisotopic (exact) mass is 382 g/mol. The molecule has 0 aliphatic heterocycles. The molecule has 0 aromatic heterocycles. The molecule has 1 atom stereocenters. The first-order valence-corrected chi connectivity index (χ1v) is 7.36. The number of carboxylic acid groups (broad SMARTS) is 1. The Labute approximate surface area is 128 Å². The number of hydrogen-bond acceptors (Lipinski definition) is 1. The van der Waals surface area contributed by atoms with Crippen LogP contribution < -0.4 is 0 Å². The average molecular weight is 384 g/mol. The number of benzene rings is 2. The maximum atomic E-state index is 11.0. The lowest BCUT2D eigenvalue weighted by molar-refractivity contribution is -0.138. The molecule has 0 saturated heterocycles. The zero-order valence-electron chi connectivity index (χ0n) is 10.2. The smallest absolute Gasteiger partial charge is 0.310 e. The van der Waals surface area contributed by atoms with E-state index < -0.39 is 11.9 Å². The number of halogens is 2. The third kappa shape index (κ3) is 3.07. The number of carbonyl (C=O) groups is 1. The predicted octanol–water partition coefficient (Wildman–Crippen LogP) is 5.07. The Kier molecular flexibility index (Phi) is 4.42. The molecule has 4 heteroatoms. The first kappa shape index (κ1) is 14.3. The minimum atomic E-state index is -0.819. The molecule has 2 rings (SSSR count). The minimum absolute atomic E-state index is 0.510. The number of rotatable bonds is 3. The van der Waals surface area contributed by atoms with Crippen LogP contribution in [0, 0.1) is 0 Å². The fraction of sp³-hybridized carbons (Fsp3) is 0.133. The molecular formula is C15H12Br2O2. The van der Waals surface area contributed by atoms with Gasteiger partial charge >= 0.3 is 5.97 Å². The third-order valence-electron chi connectivity index (χ3n) is 3.03. The lowest BCUT2D eigenvalue weighted by Crippen LogP contribution is -2.07. The van der Waals surface area contributed by atoms with Gasteiger partial charge in [0.1, 0.15) is 0 Å². The van der Waals surface area contributed by atoms with E-state index in [0.29, 0.717) is 0 Å². The normalized spacial score (nSPS) is 12.2. The summed E-state index contributed by atoms with van der Waals surface area (Å²) in [6.45, 7) is 1.68. The van der Waals surface area contributed by atoms with Gasteiger partial charge in [-0.1, -0.05) is 62.2 Å². The van der Waals surface area contributed by atoms with Gasteiger partial charge in [-0.25, -0.2) is 0 Å². The van der Waals surface area contributed by atoms with Crippen molar-refractivity contribution >= 4 is 37.8 Å². The molecule has 0 bridgehead atoms. The number of hydrogen-bond donors (Lipinski definition) is 1. The molecule has 98 valence electrons. The van der Waals surface area contributed by atoms with Gasteiger partial charge in [0.05, 0.1) is 5.92 Å². The average Bonchev–Trinajstić information content (AvgIpc) is 2.38. The van der Waals surface area contributed by atoms with Gasteiger partial charge in [-0.2, -0.15) is 0 Å². The fourth-order valence-electron chi connectivity index (χ4n) is 1.84. The van der Waals surface area contributed by atoms with Gasteiger partial charge in [-0.05, 0) is 35.7 Å². The number of aliphatic carboxylic acids is 1. The highest BCUT2D eigenvalue weighted by molar-refractivity contribution is 9.11. The van der Waals surface area contributed by atoms with Crippen molar-refractivity contribution < 1.29 is 9.90 Å². The first-order valence-electron chi connectivity index (χ1n) is 5.78. The van der Waals surface area contributed by atoms with E-state index in [4.69, 9.17) is 5.11 Å². The predicted molar refractivity (Wildman–Crippen MR) is 83.3 cm³/mol. The number of carboxylic acids is 1. The summed E-state index contributed by atoms with van der Waals surface area (Å²) in [7, 11) is 0. The second-order valence-electron chi connectivity index (χ2n) is 4.28. The summed E-state index contributed by atoms with van der Waals surface area (Å²) in [5.74, 6) is -1.33. The van der Waals surface area contributed by atoms with E-state index in [1.165, 1.54) is 0 Å². The van der Waals surface area contributed by atoms with Crippen LogP contribution in [-0.2, 0) is 4.79 Å². The molecule has 0 aliphatic carbocycles. The summed E-state index contributed by atoms with van der Waals surface area (Å²) in [6, 6.07) is 13.6. The van der Waals surface area contributed by atoms with Crippen LogP contribution in [0.1, 0.15) is 18.4 Å². The Bertz CT molecular complexity index is 623. The Balaban J connectivity index is 2.46. The molecule has 0 spiro atoms. The quantitative estimate of drug-likeness (QED) is 0.803. The zero-order valence-corrected chi connectivity index (χ0v) is 13.4. The van der Waals surface area contributed by atoms with Gasteiger partial charge in [0.25, 0.3) is 0 Å². The van der Waals surface area contributed by atoms with Crippen molar-refractivity contribution in [3.8, 4) is 11.1 Å². The van der Waals surface area contributed by atoms with E-state index in [1.54, 1.807) is 6.92 Å². The first-order chi connectivity index (χ1) is 9.00. The molecule has 19 heavy (non-hydrogen) atoms. The van der Waals surface area contributed by atoms with Gasteiger partial charge in [-0.15, -0.1) is 0 Å². The van der Waals surface area contributed by atoms with E-state index in [0.717, 1.165) is 25.6 Å². The molecule has 2 aromatic carbocycles. The molecule has 0 amide bonds. The summed E-state index contributed by atoms with van der Waals surface area (Å²) in [5.41, 5.74) is 2.90. The van der Waals surface area contributed by atoms with Crippen molar-refractivity contribution in [3.05, 3.63) is 57.0 Å². The van der Waals surface area contributed by atoms with E-state index in [1.807, 2.05) is 42.5 Å². The molecule has 0 radical (unpaired) electrons. The second-order valence-corrected chi connectivity index (χ2v) is 5.99. The Morgan fingerprint density at radius 3 is 2.26 bits per heavy atom. The van der Waals surface area contributed by atoms with E-state index in [9.17, 15) is 4.79 Å². The van der Waals surface area contributed by atoms with Gasteiger partial charge in [0.2, 0.25) is 0 Å². The molecular weight excluding hydrogens is 372 g/mol. The summed E-state index contributed by atoms with van der Waals surface area (Å²) in [6.07, 6.45) is 0. The standard InChI is InChI=1S/C15H12Br2O2/c1-9(15(18)19)10-6-7-12(14(17)8-10)11-4-2-3-5-13(11)16/h2-9H,1H3,(H,18,19). The molecule has 0 heterocycles. The summed E-state index contributed by atoms with van der Waals surface area (Å²) in [4.78, 5) is 11.0. The minimum Gasteiger partial charge on any atom is -0.481 e. The highest BCUT2D eigenvalue weighted by Crippen LogP contribution is 2.35. The molecule has 0 saturated carbocycles. The highest BCUT2D eigenvalue weighted by Gasteiger charge is 2.15. The maximum Gasteiger partial charge on any atom is 0.310 e. The van der Waals surface area contributed by atoms with Crippen LogP contribution in [0.3, 0.4) is 0 Å². The maximum absolute atomic E-state index is 11.0. The van der Waals surface area contributed by atoms with Crippen LogP contribution in [0.5, 0.6) is 0 Å². The second kappa shape index (κ2) is 5.88. The SMILES string of the molecule is CC(C(=O)O)c1ccc(-c2ccccc2Br)c(Br)c1. The molecule has 0 fully saturated rings. The van der Waals surface area contributed by atoms with Crippen molar-refractivity contribution in [1.82, 2.24) is 0 Å². The van der Waals surface area contributed by atoms with Crippen molar-refractivity contribution in [1.29, 1.82) is 0 Å². The molecule has 2 nitrogen and oxygen atoms in total. The van der Waals surface area contributed by atoms with E-state index >= 15 is 0 Å². The highest BCUT2D eigenvalue weighted by atomic mass is 79.9. The van der Waals surface area contributed by atoms with Crippen molar-refractivity contribution in [2.24, 2.45) is 0 Å². The van der Waals surface area contributed by atoms with E-state index in [2.05, 4.69) is 31.9 Å². The molecule has 1 unspecified atom stereocenters. The van der Waals surface area contributed by atoms with Gasteiger partial charge < -0.3 is 5.11 Å². The Morgan fingerprint density at radius 2 is 1.68 bits per heavy atom. The third-order valence-corrected chi connectivity index (χ3v) is 4.38. The lowest BCUT2D eigenvalue weighted by atomic mass is 9.98. The zero-order chi connectivity index (χ0) is 14.0. The van der Waals surface area contributed by atoms with Crippen LogP contribution in [0.15, 0.2) is 51.4 Å². The lowest BCUT2D eigenvalue weighted by Gasteiger charge is -2.11. The molecule has 0 aliphatic rings. The van der Waals surface area contributed by atoms with Crippen LogP contribution in [0.4, 0.5) is 0 Å². The Hall–Kier alpha value is -1.13. The summed E-state index contributed by atoms with van der Waals surface area (Å²) >= 11 is 7.04. The topological polar surface area (TPSA) is 37.3 Å². The van der Waals surface area contributed by atoms with Crippen LogP contribution in [-0.4, -0.2) is 11.1 Å². The largest absolute Gasteiger partial charge is 0.481 e. The molecule has 1 N–H and O–H groups in total. The van der Waals surface area contributed by atoms with E-state index in [-0.39, 0.29) is 0 Å². The molecule has 2 aromatic rings. The van der Waals surface area contributed by atoms with Crippen molar-refractivity contribution in [2.75, 3.05) is 0 Å². The van der Waals surface area contributed by atoms with Crippen molar-refractivity contribution in [2.45, 2.75) is 12.8 Å². The van der Waals surface area contributed by atoms with Gasteiger partial charge in [0, 0.05) is 8.95 Å². The Morgan fingerprint density at radius 1 is 1.05 bits per heavy atom. The van der Waals surface area contributed by atoms with Crippen LogP contribution >= 0.6 is 31.9 Å². The van der Waals surface area contributed by atoms with Crippen molar-refractivity contribution in [3.63, 3.8) is 0 Å². The van der Waals surface area contributed by atoms with Gasteiger partial charge in [0.15, 0.2) is 0 Å². The van der Waals surface area contributed by atoms with Gasteiger partial charge in [-0.3, -0.25) is 4.79 Å². The van der Waals surface area contributed by atoms with Crippen LogP contribution in [0.25, 0.3) is 11.1 Å². The van der Waals surface area contributed by atoms with Crippen LogP contribution in [0.2, 0.25) is 0 Å². The summed E-state index contributed by atoms with van der Waals surface area (Å²) < 4.78 is 1.90. The summed E-state index contributed by atoms with van der Waals surface area (Å²) in [5, 5.41) is 9.03.